The molecule has 100 valence electrons. The Balaban J connectivity index is 2.10. The van der Waals surface area contributed by atoms with Crippen LogP contribution >= 0.6 is 11.3 Å². The lowest BCUT2D eigenvalue weighted by molar-refractivity contribution is 0.102. The zero-order valence-electron chi connectivity index (χ0n) is 11.7. The molecule has 2 aromatic rings. The number of nitrogens with zero attached hydrogens (tertiary/aromatic N) is 1. The maximum Gasteiger partial charge on any atom is 0.275 e. The van der Waals surface area contributed by atoms with Gasteiger partial charge in [-0.05, 0) is 30.0 Å². The molecule has 0 aliphatic carbocycles. The third kappa shape index (κ3) is 3.41. The summed E-state index contributed by atoms with van der Waals surface area (Å²) in [5.74, 6) is -0.159. The summed E-state index contributed by atoms with van der Waals surface area (Å²) in [7, 11) is 0. The summed E-state index contributed by atoms with van der Waals surface area (Å²) in [5, 5.41) is 5.52. The SMILES string of the molecule is Cc1nc(C(=O)Nc2ccc(C(C)(C)C)cc2)cs1. The molecule has 1 amide bonds. The van der Waals surface area contributed by atoms with Crippen LogP contribution in [-0.2, 0) is 5.41 Å². The second kappa shape index (κ2) is 5.13. The average molecular weight is 274 g/mol. The van der Waals surface area contributed by atoms with Crippen molar-refractivity contribution in [2.24, 2.45) is 0 Å². The monoisotopic (exact) mass is 274 g/mol. The van der Waals surface area contributed by atoms with Gasteiger partial charge >= 0.3 is 0 Å². The van der Waals surface area contributed by atoms with Crippen LogP contribution in [0.25, 0.3) is 0 Å². The van der Waals surface area contributed by atoms with Crippen molar-refractivity contribution in [2.75, 3.05) is 5.32 Å². The number of nitrogens with one attached hydrogen (secondary N) is 1. The number of benzene rings is 1. The van der Waals surface area contributed by atoms with E-state index in [0.29, 0.717) is 5.69 Å². The number of hydrogen-bond acceptors (Lipinski definition) is 3. The Kier molecular flexibility index (Phi) is 3.71. The number of carbonyl (C=O) groups is 1. The van der Waals surface area contributed by atoms with Crippen molar-refractivity contribution < 1.29 is 4.79 Å². The van der Waals surface area contributed by atoms with Crippen LogP contribution in [0.3, 0.4) is 0 Å². The second-order valence-corrected chi connectivity index (χ2v) is 6.60. The number of hydrogen-bond donors (Lipinski definition) is 1. The molecular weight excluding hydrogens is 256 g/mol. The zero-order valence-corrected chi connectivity index (χ0v) is 12.5. The van der Waals surface area contributed by atoms with Gasteiger partial charge in [0.15, 0.2) is 0 Å². The van der Waals surface area contributed by atoms with E-state index in [0.717, 1.165) is 10.7 Å². The van der Waals surface area contributed by atoms with E-state index in [2.05, 4.69) is 31.1 Å². The Morgan fingerprint density at radius 2 is 1.84 bits per heavy atom. The lowest BCUT2D eigenvalue weighted by atomic mass is 9.87. The van der Waals surface area contributed by atoms with Gasteiger partial charge in [-0.3, -0.25) is 4.79 Å². The molecule has 3 nitrogen and oxygen atoms in total. The molecule has 0 bridgehead atoms. The first-order chi connectivity index (χ1) is 8.86. The third-order valence-electron chi connectivity index (χ3n) is 2.86. The van der Waals surface area contributed by atoms with E-state index in [1.165, 1.54) is 16.9 Å². The Hall–Kier alpha value is -1.68. The highest BCUT2D eigenvalue weighted by Gasteiger charge is 2.14. The number of rotatable bonds is 2. The summed E-state index contributed by atoms with van der Waals surface area (Å²) >= 11 is 1.48. The van der Waals surface area contributed by atoms with Crippen LogP contribution in [0.4, 0.5) is 5.69 Å². The molecule has 19 heavy (non-hydrogen) atoms. The Morgan fingerprint density at radius 3 is 2.32 bits per heavy atom. The van der Waals surface area contributed by atoms with Gasteiger partial charge in [0.25, 0.3) is 5.91 Å². The van der Waals surface area contributed by atoms with Crippen molar-refractivity contribution in [3.63, 3.8) is 0 Å². The first-order valence-electron chi connectivity index (χ1n) is 6.20. The summed E-state index contributed by atoms with van der Waals surface area (Å²) in [5.41, 5.74) is 2.63. The van der Waals surface area contributed by atoms with E-state index in [9.17, 15) is 4.79 Å². The van der Waals surface area contributed by atoms with Gasteiger partial charge in [0, 0.05) is 11.1 Å². The van der Waals surface area contributed by atoms with Crippen LogP contribution in [0.15, 0.2) is 29.6 Å². The molecule has 0 unspecified atom stereocenters. The van der Waals surface area contributed by atoms with Gasteiger partial charge in [0.1, 0.15) is 5.69 Å². The number of aromatic nitrogens is 1. The van der Waals surface area contributed by atoms with E-state index >= 15 is 0 Å². The molecular formula is C15H18N2OS. The number of thiazole rings is 1. The molecule has 0 saturated heterocycles. The first-order valence-corrected chi connectivity index (χ1v) is 7.08. The predicted octanol–water partition coefficient (Wildman–Crippen LogP) is 4.00. The average Bonchev–Trinajstić information content (AvgIpc) is 2.75. The molecule has 1 aromatic carbocycles. The Labute approximate surface area is 117 Å². The third-order valence-corrected chi connectivity index (χ3v) is 3.63. The fraction of sp³-hybridized carbons (Fsp3) is 0.333. The number of amides is 1. The van der Waals surface area contributed by atoms with Crippen molar-refractivity contribution in [3.8, 4) is 0 Å². The van der Waals surface area contributed by atoms with Gasteiger partial charge in [-0.25, -0.2) is 4.98 Å². The van der Waals surface area contributed by atoms with Crippen LogP contribution in [0.5, 0.6) is 0 Å². The minimum absolute atomic E-state index is 0.120. The fourth-order valence-electron chi connectivity index (χ4n) is 1.72. The van der Waals surface area contributed by atoms with Crippen molar-refractivity contribution >= 4 is 22.9 Å². The van der Waals surface area contributed by atoms with Crippen molar-refractivity contribution in [2.45, 2.75) is 33.1 Å². The normalized spacial score (nSPS) is 11.4. The first kappa shape index (κ1) is 13.7. The van der Waals surface area contributed by atoms with Gasteiger partial charge in [0.2, 0.25) is 0 Å². The van der Waals surface area contributed by atoms with Crippen LogP contribution in [0.1, 0.15) is 41.8 Å². The van der Waals surface area contributed by atoms with E-state index < -0.39 is 0 Å². The highest BCUT2D eigenvalue weighted by atomic mass is 32.1. The summed E-state index contributed by atoms with van der Waals surface area (Å²) in [6.07, 6.45) is 0. The second-order valence-electron chi connectivity index (χ2n) is 5.53. The zero-order chi connectivity index (χ0) is 14.0. The molecule has 0 aliphatic heterocycles. The molecule has 0 radical (unpaired) electrons. The molecule has 1 aromatic heterocycles. The molecule has 0 atom stereocenters. The summed E-state index contributed by atoms with van der Waals surface area (Å²) in [4.78, 5) is 16.1. The van der Waals surface area contributed by atoms with Crippen molar-refractivity contribution in [1.82, 2.24) is 4.98 Å². The predicted molar refractivity (Wildman–Crippen MR) is 79.9 cm³/mol. The minimum atomic E-state index is -0.159. The van der Waals surface area contributed by atoms with Crippen LogP contribution in [-0.4, -0.2) is 10.9 Å². The topological polar surface area (TPSA) is 42.0 Å². The molecule has 1 N–H and O–H groups in total. The molecule has 0 fully saturated rings. The van der Waals surface area contributed by atoms with Gasteiger partial charge in [0.05, 0.1) is 5.01 Å². The number of aryl methyl sites for hydroxylation is 1. The van der Waals surface area contributed by atoms with E-state index in [1.54, 1.807) is 5.38 Å². The lowest BCUT2D eigenvalue weighted by Gasteiger charge is -2.19. The van der Waals surface area contributed by atoms with Crippen molar-refractivity contribution in [1.29, 1.82) is 0 Å². The maximum absolute atomic E-state index is 11.9. The van der Waals surface area contributed by atoms with Gasteiger partial charge in [-0.2, -0.15) is 0 Å². The highest BCUT2D eigenvalue weighted by molar-refractivity contribution is 7.09. The quantitative estimate of drug-likeness (QED) is 0.899. The molecule has 2 rings (SSSR count). The molecule has 1 heterocycles. The Bertz CT molecular complexity index is 579. The van der Waals surface area contributed by atoms with E-state index in [4.69, 9.17) is 0 Å². The maximum atomic E-state index is 11.9. The van der Waals surface area contributed by atoms with E-state index in [1.807, 2.05) is 31.2 Å². The minimum Gasteiger partial charge on any atom is -0.321 e. The standard InChI is InChI=1S/C15H18N2OS/c1-10-16-13(9-19-10)14(18)17-12-7-5-11(6-8-12)15(2,3)4/h5-9H,1-4H3,(H,17,18). The van der Waals surface area contributed by atoms with Crippen molar-refractivity contribution in [3.05, 3.63) is 45.9 Å². The summed E-state index contributed by atoms with van der Waals surface area (Å²) in [6.45, 7) is 8.38. The summed E-state index contributed by atoms with van der Waals surface area (Å²) < 4.78 is 0. The van der Waals surface area contributed by atoms with E-state index in [-0.39, 0.29) is 11.3 Å². The van der Waals surface area contributed by atoms with Gasteiger partial charge in [-0.15, -0.1) is 11.3 Å². The number of anilines is 1. The molecule has 4 heteroatoms. The molecule has 0 aliphatic rings. The largest absolute Gasteiger partial charge is 0.321 e. The van der Waals surface area contributed by atoms with Gasteiger partial charge < -0.3 is 5.32 Å². The summed E-state index contributed by atoms with van der Waals surface area (Å²) in [6, 6.07) is 7.94. The molecule has 0 saturated carbocycles. The molecule has 0 spiro atoms. The fourth-order valence-corrected chi connectivity index (χ4v) is 2.31. The lowest BCUT2D eigenvalue weighted by Crippen LogP contribution is -2.14. The number of carbonyl (C=O) groups excluding carboxylic acids is 1. The highest BCUT2D eigenvalue weighted by Crippen LogP contribution is 2.23. The smallest absolute Gasteiger partial charge is 0.275 e. The Morgan fingerprint density at radius 1 is 1.21 bits per heavy atom. The van der Waals surface area contributed by atoms with Crippen LogP contribution in [0.2, 0.25) is 0 Å². The van der Waals surface area contributed by atoms with Crippen LogP contribution in [0, 0.1) is 6.92 Å². The van der Waals surface area contributed by atoms with Gasteiger partial charge in [-0.1, -0.05) is 32.9 Å². The van der Waals surface area contributed by atoms with Crippen LogP contribution < -0.4 is 5.32 Å².